The maximum Gasteiger partial charge on any atom is 0.315 e. The Morgan fingerprint density at radius 1 is 0.685 bits per heavy atom. The molecule has 0 saturated carbocycles. The zero-order valence-electron chi connectivity index (χ0n) is 30.9. The van der Waals surface area contributed by atoms with Crippen LogP contribution in [0.1, 0.15) is 40.3 Å². The monoisotopic (exact) mass is 860 g/mol. The normalized spacial score (nSPS) is 14.1. The number of anilines is 2. The van der Waals surface area contributed by atoms with Gasteiger partial charge in [0.05, 0.1) is 27.9 Å². The predicted octanol–water partition coefficient (Wildman–Crippen LogP) is 11.6. The van der Waals surface area contributed by atoms with Crippen molar-refractivity contribution >= 4 is 95.6 Å². The molecule has 0 radical (unpaired) electrons. The van der Waals surface area contributed by atoms with Gasteiger partial charge < -0.3 is 20.3 Å². The predicted molar refractivity (Wildman–Crippen MR) is 232 cm³/mol. The van der Waals surface area contributed by atoms with Gasteiger partial charge in [0.2, 0.25) is 0 Å². The van der Waals surface area contributed by atoms with E-state index in [0.717, 1.165) is 60.0 Å². The molecule has 274 valence electrons. The molecule has 12 heteroatoms. The molecule has 1 aliphatic rings. The van der Waals surface area contributed by atoms with Gasteiger partial charge in [-0.15, -0.1) is 0 Å². The summed E-state index contributed by atoms with van der Waals surface area (Å²) >= 11 is 7.14. The Kier molecular flexibility index (Phi) is 11.1. The van der Waals surface area contributed by atoms with Crippen molar-refractivity contribution < 1.29 is 4.57 Å². The zero-order chi connectivity index (χ0) is 37.8. The van der Waals surface area contributed by atoms with Gasteiger partial charge in [-0.2, -0.15) is 0 Å². The smallest absolute Gasteiger partial charge is 0.315 e. The van der Waals surface area contributed by atoms with Crippen LogP contribution in [0.2, 0.25) is 11.1 Å². The minimum Gasteiger partial charge on any atom is -0.354 e. The summed E-state index contributed by atoms with van der Waals surface area (Å²) in [7, 11) is -1.62. The number of nitrogens with zero attached hydrogens (tertiary/aromatic N) is 5. The number of hydrogen-bond donors (Lipinski definition) is 4. The SMILES string of the molecule is Brc1c[nH]c2ncccc12.CC(C)[Si]1(C(C)C)C(C)[n+]2cccc3c(Br)cn1c32.c1ccc(Nc2c[nH]c3ncccc23)cc1.c1cnc2[nH]ccc2c1. The number of rotatable bonds is 4. The van der Waals surface area contributed by atoms with E-state index in [0.29, 0.717) is 5.67 Å². The zero-order valence-corrected chi connectivity index (χ0v) is 35.1. The van der Waals surface area contributed by atoms with Crippen LogP contribution in [0.3, 0.4) is 0 Å². The molecule has 0 spiro atoms. The second-order valence-corrected chi connectivity index (χ2v) is 21.0. The molecule has 1 aromatic carbocycles. The minimum atomic E-state index is -1.62. The molecular formula is C42H44Br2N9Si+. The molecule has 0 fully saturated rings. The summed E-state index contributed by atoms with van der Waals surface area (Å²) in [5.41, 5.74) is 8.40. The fraction of sp³-hybridized carbons (Fsp3) is 0.190. The van der Waals surface area contributed by atoms with Crippen molar-refractivity contribution in [3.05, 3.63) is 143 Å². The van der Waals surface area contributed by atoms with Gasteiger partial charge in [0, 0.05) is 63.5 Å². The number of aromatic amines is 3. The molecule has 1 unspecified atom stereocenters. The maximum absolute atomic E-state index is 4.25. The summed E-state index contributed by atoms with van der Waals surface area (Å²) in [6, 6.07) is 28.4. The number of aromatic nitrogens is 8. The number of fused-ring (bicyclic) bond motifs is 3. The molecule has 9 heterocycles. The summed E-state index contributed by atoms with van der Waals surface area (Å²) in [5.74, 6) is 0. The summed E-state index contributed by atoms with van der Waals surface area (Å²) in [5, 5.41) is 8.10. The number of H-pyrrole nitrogens is 3. The maximum atomic E-state index is 4.25. The lowest BCUT2D eigenvalue weighted by molar-refractivity contribution is -0.673. The van der Waals surface area contributed by atoms with E-state index >= 15 is 0 Å². The first kappa shape index (κ1) is 37.3. The largest absolute Gasteiger partial charge is 0.354 e. The van der Waals surface area contributed by atoms with Gasteiger partial charge in [-0.05, 0) is 117 Å². The van der Waals surface area contributed by atoms with E-state index in [9.17, 15) is 0 Å². The van der Waals surface area contributed by atoms with Crippen LogP contribution in [0, 0.1) is 0 Å². The second kappa shape index (κ2) is 16.1. The van der Waals surface area contributed by atoms with E-state index in [-0.39, 0.29) is 0 Å². The van der Waals surface area contributed by atoms with Crippen LogP contribution in [-0.4, -0.2) is 42.4 Å². The van der Waals surface area contributed by atoms with Crippen LogP contribution in [-0.2, 0) is 0 Å². The van der Waals surface area contributed by atoms with E-state index in [4.69, 9.17) is 0 Å². The van der Waals surface area contributed by atoms with Crippen molar-refractivity contribution in [3.63, 3.8) is 0 Å². The Bertz CT molecular complexity index is 2590. The lowest BCUT2D eigenvalue weighted by Gasteiger charge is -2.33. The lowest BCUT2D eigenvalue weighted by atomic mass is 10.2. The molecule has 8 aromatic heterocycles. The highest BCUT2D eigenvalue weighted by atomic mass is 79.9. The van der Waals surface area contributed by atoms with E-state index in [1.807, 2.05) is 91.4 Å². The molecule has 0 aliphatic carbocycles. The van der Waals surface area contributed by atoms with Crippen LogP contribution in [0.15, 0.2) is 143 Å². The lowest BCUT2D eigenvalue weighted by Crippen LogP contribution is -2.56. The number of para-hydroxylation sites is 1. The summed E-state index contributed by atoms with van der Waals surface area (Å²) in [4.78, 5) is 21.6. The summed E-state index contributed by atoms with van der Waals surface area (Å²) in [6.45, 7) is 12.1. The first-order chi connectivity index (χ1) is 26.2. The van der Waals surface area contributed by atoms with Gasteiger partial charge in [0.25, 0.3) is 5.65 Å². The first-order valence-corrected chi connectivity index (χ1v) is 21.9. The molecule has 4 N–H and O–H groups in total. The van der Waals surface area contributed by atoms with Crippen molar-refractivity contribution in [1.29, 1.82) is 0 Å². The highest BCUT2D eigenvalue weighted by molar-refractivity contribution is 9.11. The van der Waals surface area contributed by atoms with Gasteiger partial charge in [-0.25, -0.2) is 19.5 Å². The average molecular weight is 863 g/mol. The van der Waals surface area contributed by atoms with E-state index in [2.05, 4.69) is 135 Å². The Hall–Kier alpha value is -5.04. The molecular weight excluding hydrogens is 818 g/mol. The van der Waals surface area contributed by atoms with Gasteiger partial charge >= 0.3 is 8.24 Å². The molecule has 10 rings (SSSR count). The molecule has 1 aliphatic heterocycles. The van der Waals surface area contributed by atoms with Crippen molar-refractivity contribution in [1.82, 2.24) is 34.1 Å². The number of hydrogen-bond acceptors (Lipinski definition) is 4. The highest BCUT2D eigenvalue weighted by Gasteiger charge is 2.60. The average Bonchev–Trinajstić information content (AvgIpc) is 4.02. The van der Waals surface area contributed by atoms with Gasteiger partial charge in [0.15, 0.2) is 0 Å². The summed E-state index contributed by atoms with van der Waals surface area (Å²) < 4.78 is 7.47. The molecule has 9 aromatic rings. The molecule has 0 bridgehead atoms. The van der Waals surface area contributed by atoms with E-state index in [1.165, 1.54) is 15.5 Å². The van der Waals surface area contributed by atoms with Crippen LogP contribution in [0.25, 0.3) is 44.1 Å². The van der Waals surface area contributed by atoms with Crippen LogP contribution in [0.5, 0.6) is 0 Å². The highest BCUT2D eigenvalue weighted by Crippen LogP contribution is 2.46. The molecule has 9 nitrogen and oxygen atoms in total. The second-order valence-electron chi connectivity index (χ2n) is 13.9. The Morgan fingerprint density at radius 3 is 2.00 bits per heavy atom. The van der Waals surface area contributed by atoms with Gasteiger partial charge in [0.1, 0.15) is 22.6 Å². The third kappa shape index (κ3) is 7.13. The summed E-state index contributed by atoms with van der Waals surface area (Å²) in [6.07, 6.45) is 15.6. The van der Waals surface area contributed by atoms with Crippen LogP contribution < -0.4 is 9.88 Å². The third-order valence-electron chi connectivity index (χ3n) is 10.3. The number of halogens is 2. The van der Waals surface area contributed by atoms with Crippen molar-refractivity contribution in [2.75, 3.05) is 5.32 Å². The fourth-order valence-electron chi connectivity index (χ4n) is 7.96. The third-order valence-corrected chi connectivity index (χ3v) is 18.1. The first-order valence-electron chi connectivity index (χ1n) is 18.1. The fourth-order valence-corrected chi connectivity index (χ4v) is 15.5. The van der Waals surface area contributed by atoms with Gasteiger partial charge in [-0.1, -0.05) is 45.9 Å². The number of nitrogens with one attached hydrogen (secondary N) is 4. The topological polar surface area (TPSA) is 107 Å². The van der Waals surface area contributed by atoms with Crippen molar-refractivity contribution in [2.45, 2.75) is 51.4 Å². The van der Waals surface area contributed by atoms with Crippen molar-refractivity contribution in [2.24, 2.45) is 0 Å². The van der Waals surface area contributed by atoms with Crippen LogP contribution in [0.4, 0.5) is 11.4 Å². The Morgan fingerprint density at radius 2 is 1.31 bits per heavy atom. The van der Waals surface area contributed by atoms with Gasteiger partial charge in [-0.3, -0.25) is 4.23 Å². The molecule has 54 heavy (non-hydrogen) atoms. The minimum absolute atomic E-state index is 0.624. The Labute approximate surface area is 332 Å². The number of benzene rings is 1. The standard InChI is InChI=1S/C15H22BrN2Si.C13H11N3.C7H5BrN2.C7H6N2/c1-10(2)19(11(3)4)12(5)17-8-6-7-13-14(16)9-18(19)15(13)17;1-2-5-10(6-3-1)16-12-9-15-13-11(12)7-4-8-14-13;8-6-4-10-7-5(6)2-1-3-9-7;1-2-6-3-5-9-7(6)8-4-1/h6-12H,1-5H3;1-9,16H,(H,14,15);1-4H,(H,9,10);1-5H,(H,8,9)/q+1;;;. The quantitative estimate of drug-likeness (QED) is 0.104. The molecule has 0 amide bonds. The molecule has 0 saturated heterocycles. The van der Waals surface area contributed by atoms with Crippen LogP contribution >= 0.6 is 31.9 Å². The number of pyridine rings is 4. The van der Waals surface area contributed by atoms with Crippen molar-refractivity contribution in [3.8, 4) is 0 Å². The molecule has 1 atom stereocenters. The van der Waals surface area contributed by atoms with E-state index < -0.39 is 8.24 Å². The van der Waals surface area contributed by atoms with E-state index in [1.54, 1.807) is 18.6 Å². The Balaban J connectivity index is 0.000000116.